The number of oxazole rings is 1. The smallest absolute Gasteiger partial charge is 0.231 e. The Morgan fingerprint density at radius 2 is 1.65 bits per heavy atom. The van der Waals surface area contributed by atoms with Gasteiger partial charge in [-0.25, -0.2) is 4.98 Å². The van der Waals surface area contributed by atoms with Gasteiger partial charge in [-0.05, 0) is 66.4 Å². The number of rotatable bonds is 2. The second kappa shape index (κ2) is 5.63. The molecule has 0 spiro atoms. The first-order valence-corrected chi connectivity index (χ1v) is 8.56. The molecule has 26 heavy (non-hydrogen) atoms. The molecule has 0 atom stereocenters. The van der Waals surface area contributed by atoms with Crippen LogP contribution in [-0.4, -0.2) is 11.8 Å². The number of fused-ring (bicyclic) bond motifs is 2. The summed E-state index contributed by atoms with van der Waals surface area (Å²) in [7, 11) is 0. The van der Waals surface area contributed by atoms with Gasteiger partial charge < -0.3 is 13.9 Å². The molecule has 4 nitrogen and oxygen atoms in total. The van der Waals surface area contributed by atoms with Crippen LogP contribution in [0.3, 0.4) is 0 Å². The van der Waals surface area contributed by atoms with Crippen LogP contribution in [0.5, 0.6) is 11.5 Å². The molecule has 0 amide bonds. The van der Waals surface area contributed by atoms with Crippen molar-refractivity contribution in [1.29, 1.82) is 0 Å². The fourth-order valence-corrected chi connectivity index (χ4v) is 3.28. The first-order chi connectivity index (χ1) is 12.7. The maximum atomic E-state index is 6.08. The number of aromatic nitrogens is 1. The van der Waals surface area contributed by atoms with Crippen LogP contribution in [0.1, 0.15) is 11.1 Å². The normalized spacial score (nSPS) is 12.7. The Bertz CT molecular complexity index is 1140. The van der Waals surface area contributed by atoms with Crippen LogP contribution >= 0.6 is 0 Å². The fraction of sp³-hybridized carbons (Fsp3) is 0.136. The predicted octanol–water partition coefficient (Wildman–Crippen LogP) is 5.51. The second-order valence-electron chi connectivity index (χ2n) is 6.52. The van der Waals surface area contributed by atoms with E-state index in [4.69, 9.17) is 13.9 Å². The molecule has 2 heterocycles. The molecule has 0 unspecified atom stereocenters. The lowest BCUT2D eigenvalue weighted by molar-refractivity contribution is 0.174. The molecule has 3 aromatic carbocycles. The Labute approximate surface area is 151 Å². The molecule has 0 saturated carbocycles. The van der Waals surface area contributed by atoms with Gasteiger partial charge in [-0.15, -0.1) is 0 Å². The number of nitrogens with zero attached hydrogens (tertiary/aromatic N) is 1. The Kier molecular flexibility index (Phi) is 3.25. The van der Waals surface area contributed by atoms with Gasteiger partial charge in [0.25, 0.3) is 0 Å². The summed E-state index contributed by atoms with van der Waals surface area (Å²) in [6, 6.07) is 18.2. The van der Waals surface area contributed by atoms with Crippen molar-refractivity contribution in [2.75, 3.05) is 6.79 Å². The SMILES string of the molecule is Cc1cccc(-c2nc3ccc(-c4ccc5c(c4)OCO5)cc3o2)c1C. The molecule has 4 aromatic rings. The molecule has 1 aliphatic rings. The van der Waals surface area contributed by atoms with Gasteiger partial charge in [-0.1, -0.05) is 24.3 Å². The van der Waals surface area contributed by atoms with Gasteiger partial charge in [0.2, 0.25) is 12.7 Å². The van der Waals surface area contributed by atoms with E-state index >= 15 is 0 Å². The fourth-order valence-electron chi connectivity index (χ4n) is 3.28. The Morgan fingerprint density at radius 3 is 2.58 bits per heavy atom. The van der Waals surface area contributed by atoms with Crippen molar-refractivity contribution in [3.8, 4) is 34.1 Å². The van der Waals surface area contributed by atoms with Crippen LogP contribution in [0.4, 0.5) is 0 Å². The molecule has 4 heteroatoms. The zero-order valence-corrected chi connectivity index (χ0v) is 14.6. The third-order valence-electron chi connectivity index (χ3n) is 4.93. The minimum absolute atomic E-state index is 0.277. The lowest BCUT2D eigenvalue weighted by atomic mass is 10.0. The maximum Gasteiger partial charge on any atom is 0.231 e. The summed E-state index contributed by atoms with van der Waals surface area (Å²) in [6.07, 6.45) is 0. The molecular weight excluding hydrogens is 326 g/mol. The minimum Gasteiger partial charge on any atom is -0.454 e. The number of hydrogen-bond donors (Lipinski definition) is 0. The van der Waals surface area contributed by atoms with E-state index in [1.54, 1.807) is 0 Å². The standard InChI is InChI=1S/C22H17NO3/c1-13-4-3-5-17(14(13)2)22-23-18-8-6-15(10-20(18)26-22)16-7-9-19-21(11-16)25-12-24-19/h3-11H,12H2,1-2H3. The second-order valence-corrected chi connectivity index (χ2v) is 6.52. The third kappa shape index (κ3) is 2.34. The van der Waals surface area contributed by atoms with E-state index in [9.17, 15) is 0 Å². The summed E-state index contributed by atoms with van der Waals surface area (Å²) in [5.41, 5.74) is 7.19. The van der Waals surface area contributed by atoms with Crippen LogP contribution < -0.4 is 9.47 Å². The van der Waals surface area contributed by atoms with Gasteiger partial charge >= 0.3 is 0 Å². The number of ether oxygens (including phenoxy) is 2. The summed E-state index contributed by atoms with van der Waals surface area (Å²) in [6.45, 7) is 4.47. The lowest BCUT2D eigenvalue weighted by Crippen LogP contribution is -1.92. The van der Waals surface area contributed by atoms with Crippen LogP contribution in [-0.2, 0) is 0 Å². The van der Waals surface area contributed by atoms with Gasteiger partial charge in [0, 0.05) is 5.56 Å². The highest BCUT2D eigenvalue weighted by atomic mass is 16.7. The van der Waals surface area contributed by atoms with Gasteiger partial charge in [-0.2, -0.15) is 0 Å². The quantitative estimate of drug-likeness (QED) is 0.481. The monoisotopic (exact) mass is 343 g/mol. The molecule has 0 bridgehead atoms. The van der Waals surface area contributed by atoms with Crippen LogP contribution in [0, 0.1) is 13.8 Å². The molecule has 1 aromatic heterocycles. The molecule has 5 rings (SSSR count). The zero-order chi connectivity index (χ0) is 17.7. The van der Waals surface area contributed by atoms with Crippen molar-refractivity contribution in [3.63, 3.8) is 0 Å². The molecule has 0 radical (unpaired) electrons. The van der Waals surface area contributed by atoms with E-state index in [1.165, 1.54) is 11.1 Å². The number of hydrogen-bond acceptors (Lipinski definition) is 4. The van der Waals surface area contributed by atoms with Crippen molar-refractivity contribution >= 4 is 11.1 Å². The predicted molar refractivity (Wildman–Crippen MR) is 100 cm³/mol. The summed E-state index contributed by atoms with van der Waals surface area (Å²) in [5, 5.41) is 0. The largest absolute Gasteiger partial charge is 0.454 e. The van der Waals surface area contributed by atoms with E-state index in [0.29, 0.717) is 5.89 Å². The number of benzene rings is 3. The summed E-state index contributed by atoms with van der Waals surface area (Å²) < 4.78 is 16.9. The highest BCUT2D eigenvalue weighted by Crippen LogP contribution is 2.37. The molecule has 0 aliphatic carbocycles. The van der Waals surface area contributed by atoms with Crippen LogP contribution in [0.2, 0.25) is 0 Å². The summed E-state index contributed by atoms with van der Waals surface area (Å²) in [4.78, 5) is 4.67. The summed E-state index contributed by atoms with van der Waals surface area (Å²) in [5.74, 6) is 2.21. The zero-order valence-electron chi connectivity index (χ0n) is 14.6. The first-order valence-electron chi connectivity index (χ1n) is 8.56. The average molecular weight is 343 g/mol. The molecular formula is C22H17NO3. The first kappa shape index (κ1) is 15.0. The Balaban J connectivity index is 1.59. The molecule has 0 N–H and O–H groups in total. The van der Waals surface area contributed by atoms with Crippen molar-refractivity contribution in [1.82, 2.24) is 4.98 Å². The van der Waals surface area contributed by atoms with E-state index in [1.807, 2.05) is 42.5 Å². The number of aryl methyl sites for hydroxylation is 1. The van der Waals surface area contributed by atoms with E-state index in [0.717, 1.165) is 39.3 Å². The van der Waals surface area contributed by atoms with Gasteiger partial charge in [-0.3, -0.25) is 0 Å². The molecule has 0 fully saturated rings. The average Bonchev–Trinajstić information content (AvgIpc) is 3.28. The van der Waals surface area contributed by atoms with E-state index in [2.05, 4.69) is 31.0 Å². The van der Waals surface area contributed by atoms with Crippen molar-refractivity contribution in [3.05, 3.63) is 65.7 Å². The molecule has 128 valence electrons. The minimum atomic E-state index is 0.277. The van der Waals surface area contributed by atoms with E-state index in [-0.39, 0.29) is 6.79 Å². The van der Waals surface area contributed by atoms with Gasteiger partial charge in [0.05, 0.1) is 0 Å². The molecule has 0 saturated heterocycles. The van der Waals surface area contributed by atoms with Gasteiger partial charge in [0.1, 0.15) is 5.52 Å². The van der Waals surface area contributed by atoms with Crippen molar-refractivity contribution < 1.29 is 13.9 Å². The highest BCUT2D eigenvalue weighted by molar-refractivity contribution is 5.83. The van der Waals surface area contributed by atoms with Crippen molar-refractivity contribution in [2.45, 2.75) is 13.8 Å². The third-order valence-corrected chi connectivity index (χ3v) is 4.93. The van der Waals surface area contributed by atoms with Crippen LogP contribution in [0.15, 0.2) is 59.0 Å². The Morgan fingerprint density at radius 1 is 0.846 bits per heavy atom. The van der Waals surface area contributed by atoms with Crippen molar-refractivity contribution in [2.24, 2.45) is 0 Å². The van der Waals surface area contributed by atoms with Crippen LogP contribution in [0.25, 0.3) is 33.7 Å². The van der Waals surface area contributed by atoms with E-state index < -0.39 is 0 Å². The van der Waals surface area contributed by atoms with Gasteiger partial charge in [0.15, 0.2) is 17.1 Å². The molecule has 1 aliphatic heterocycles. The summed E-state index contributed by atoms with van der Waals surface area (Å²) >= 11 is 0. The Hall–Kier alpha value is -3.27. The topological polar surface area (TPSA) is 44.5 Å². The highest BCUT2D eigenvalue weighted by Gasteiger charge is 2.15. The maximum absolute atomic E-state index is 6.08. The lowest BCUT2D eigenvalue weighted by Gasteiger charge is -2.04.